The molecule has 0 saturated carbocycles. The number of hydrogen-bond donors (Lipinski definition) is 1. The molecule has 5 heteroatoms. The van der Waals surface area contributed by atoms with E-state index in [9.17, 15) is 0 Å². The molecule has 2 aliphatic rings. The molecule has 0 unspecified atom stereocenters. The molecule has 0 bridgehead atoms. The number of likely N-dealkylation sites (tertiary alicyclic amines) is 1. The molecule has 1 fully saturated rings. The second-order valence-electron chi connectivity index (χ2n) is 6.00. The van der Waals surface area contributed by atoms with Crippen LogP contribution in [0.15, 0.2) is 16.6 Å². The number of halogens is 1. The van der Waals surface area contributed by atoms with Gasteiger partial charge in [-0.25, -0.2) is 0 Å². The Bertz CT molecular complexity index is 487. The minimum atomic E-state index is 0.325. The molecule has 4 nitrogen and oxygen atoms in total. The average Bonchev–Trinajstić information content (AvgIpc) is 2.92. The number of nitrogens with one attached hydrogen (secondary N) is 1. The first-order valence-corrected chi connectivity index (χ1v) is 8.53. The molecule has 1 N–H and O–H groups in total. The van der Waals surface area contributed by atoms with E-state index in [1.807, 2.05) is 6.07 Å². The first-order valence-electron chi connectivity index (χ1n) is 7.73. The molecule has 3 rings (SSSR count). The highest BCUT2D eigenvalue weighted by Crippen LogP contribution is 2.36. The molecular weight excluding hydrogens is 332 g/mol. The van der Waals surface area contributed by atoms with Crippen molar-refractivity contribution in [3.8, 4) is 11.5 Å². The van der Waals surface area contributed by atoms with Crippen LogP contribution in [0.2, 0.25) is 0 Å². The molecule has 0 spiro atoms. The smallest absolute Gasteiger partial charge is 0.231 e. The second-order valence-corrected chi connectivity index (χ2v) is 6.85. The quantitative estimate of drug-likeness (QED) is 0.824. The number of rotatable bonds is 5. The van der Waals surface area contributed by atoms with Gasteiger partial charge in [0.05, 0.1) is 0 Å². The van der Waals surface area contributed by atoms with Gasteiger partial charge >= 0.3 is 0 Å². The van der Waals surface area contributed by atoms with Gasteiger partial charge in [0.2, 0.25) is 6.79 Å². The van der Waals surface area contributed by atoms with Crippen LogP contribution in [0.3, 0.4) is 0 Å². The normalized spacial score (nSPS) is 19.1. The SMILES string of the molecule is CC1CCN(CCNCc2cc3c(cc2Br)OCO3)CC1. The van der Waals surface area contributed by atoms with Crippen molar-refractivity contribution in [3.63, 3.8) is 0 Å². The second kappa shape index (κ2) is 6.99. The van der Waals surface area contributed by atoms with Gasteiger partial charge in [-0.2, -0.15) is 0 Å². The van der Waals surface area contributed by atoms with Gasteiger partial charge in [-0.1, -0.05) is 22.9 Å². The van der Waals surface area contributed by atoms with E-state index in [-0.39, 0.29) is 0 Å². The van der Waals surface area contributed by atoms with Crippen LogP contribution in [0.4, 0.5) is 0 Å². The molecule has 0 aliphatic carbocycles. The maximum atomic E-state index is 5.43. The number of piperidine rings is 1. The van der Waals surface area contributed by atoms with Crippen LogP contribution in [0, 0.1) is 5.92 Å². The van der Waals surface area contributed by atoms with Crippen LogP contribution in [-0.2, 0) is 6.54 Å². The van der Waals surface area contributed by atoms with Gasteiger partial charge in [0.25, 0.3) is 0 Å². The Balaban J connectivity index is 1.43. The lowest BCUT2D eigenvalue weighted by Gasteiger charge is -2.30. The van der Waals surface area contributed by atoms with Crippen LogP contribution >= 0.6 is 15.9 Å². The fourth-order valence-electron chi connectivity index (χ4n) is 2.84. The molecule has 21 heavy (non-hydrogen) atoms. The summed E-state index contributed by atoms with van der Waals surface area (Å²) in [6.45, 7) is 8.18. The monoisotopic (exact) mass is 354 g/mol. The Morgan fingerprint density at radius 1 is 1.24 bits per heavy atom. The molecule has 0 aromatic heterocycles. The van der Waals surface area contributed by atoms with E-state index in [0.717, 1.165) is 41.5 Å². The van der Waals surface area contributed by atoms with E-state index in [1.165, 1.54) is 31.5 Å². The number of hydrogen-bond acceptors (Lipinski definition) is 4. The van der Waals surface area contributed by atoms with Crippen molar-refractivity contribution < 1.29 is 9.47 Å². The first kappa shape index (κ1) is 15.1. The van der Waals surface area contributed by atoms with Gasteiger partial charge in [-0.3, -0.25) is 0 Å². The molecule has 1 aromatic carbocycles. The van der Waals surface area contributed by atoms with E-state index < -0.39 is 0 Å². The summed E-state index contributed by atoms with van der Waals surface area (Å²) >= 11 is 3.60. The van der Waals surface area contributed by atoms with Crippen LogP contribution in [0.1, 0.15) is 25.3 Å². The predicted molar refractivity (Wildman–Crippen MR) is 86.8 cm³/mol. The number of ether oxygens (including phenoxy) is 2. The number of benzene rings is 1. The van der Waals surface area contributed by atoms with E-state index in [0.29, 0.717) is 6.79 Å². The van der Waals surface area contributed by atoms with Crippen molar-refractivity contribution in [1.82, 2.24) is 10.2 Å². The van der Waals surface area contributed by atoms with E-state index in [2.05, 4.69) is 39.1 Å². The summed E-state index contributed by atoms with van der Waals surface area (Å²) in [6.07, 6.45) is 2.68. The predicted octanol–water partition coefficient (Wildman–Crippen LogP) is 3.00. The highest BCUT2D eigenvalue weighted by Gasteiger charge is 2.17. The van der Waals surface area contributed by atoms with E-state index in [4.69, 9.17) is 9.47 Å². The fourth-order valence-corrected chi connectivity index (χ4v) is 3.30. The van der Waals surface area contributed by atoms with Gasteiger partial charge in [0.1, 0.15) is 0 Å². The maximum absolute atomic E-state index is 5.43. The zero-order valence-electron chi connectivity index (χ0n) is 12.5. The molecule has 0 atom stereocenters. The zero-order valence-corrected chi connectivity index (χ0v) is 14.1. The lowest BCUT2D eigenvalue weighted by atomic mass is 9.99. The molecule has 0 amide bonds. The van der Waals surface area contributed by atoms with Gasteiger partial charge in [-0.05, 0) is 49.5 Å². The molecule has 1 aromatic rings. The number of nitrogens with zero attached hydrogens (tertiary/aromatic N) is 1. The van der Waals surface area contributed by atoms with Crippen LogP contribution in [0.25, 0.3) is 0 Å². The lowest BCUT2D eigenvalue weighted by molar-refractivity contribution is 0.174. The van der Waals surface area contributed by atoms with Crippen LogP contribution < -0.4 is 14.8 Å². The summed E-state index contributed by atoms with van der Waals surface area (Å²) in [5.74, 6) is 2.58. The largest absolute Gasteiger partial charge is 0.454 e. The van der Waals surface area contributed by atoms with Gasteiger partial charge in [-0.15, -0.1) is 0 Å². The van der Waals surface area contributed by atoms with Gasteiger partial charge < -0.3 is 19.7 Å². The summed E-state index contributed by atoms with van der Waals surface area (Å²) < 4.78 is 11.9. The van der Waals surface area contributed by atoms with Crippen molar-refractivity contribution in [1.29, 1.82) is 0 Å². The summed E-state index contributed by atoms with van der Waals surface area (Å²) in [6, 6.07) is 4.05. The molecule has 2 heterocycles. The third-order valence-electron chi connectivity index (χ3n) is 4.34. The Morgan fingerprint density at radius 3 is 2.71 bits per heavy atom. The summed E-state index contributed by atoms with van der Waals surface area (Å²) in [7, 11) is 0. The summed E-state index contributed by atoms with van der Waals surface area (Å²) in [5, 5.41) is 3.52. The minimum absolute atomic E-state index is 0.325. The highest BCUT2D eigenvalue weighted by atomic mass is 79.9. The summed E-state index contributed by atoms with van der Waals surface area (Å²) in [4.78, 5) is 2.56. The third-order valence-corrected chi connectivity index (χ3v) is 5.08. The minimum Gasteiger partial charge on any atom is -0.454 e. The molecule has 116 valence electrons. The van der Waals surface area contributed by atoms with Crippen molar-refractivity contribution in [2.24, 2.45) is 5.92 Å². The molecule has 1 saturated heterocycles. The van der Waals surface area contributed by atoms with E-state index >= 15 is 0 Å². The van der Waals surface area contributed by atoms with Crippen molar-refractivity contribution in [2.75, 3.05) is 33.0 Å². The Morgan fingerprint density at radius 2 is 1.95 bits per heavy atom. The van der Waals surface area contributed by atoms with Crippen molar-refractivity contribution in [3.05, 3.63) is 22.2 Å². The van der Waals surface area contributed by atoms with Crippen molar-refractivity contribution in [2.45, 2.75) is 26.3 Å². The number of fused-ring (bicyclic) bond motifs is 1. The maximum Gasteiger partial charge on any atom is 0.231 e. The fraction of sp³-hybridized carbons (Fsp3) is 0.625. The topological polar surface area (TPSA) is 33.7 Å². The Hall–Kier alpha value is -0.780. The Kier molecular flexibility index (Phi) is 5.03. The lowest BCUT2D eigenvalue weighted by Crippen LogP contribution is -2.37. The standard InChI is InChI=1S/C16H23BrN2O2/c1-12-2-5-19(6-3-12)7-4-18-10-13-8-15-16(9-14(13)17)21-11-20-15/h8-9,12,18H,2-7,10-11H2,1H3. The van der Waals surface area contributed by atoms with Crippen LogP contribution in [0.5, 0.6) is 11.5 Å². The molecular formula is C16H23BrN2O2. The average molecular weight is 355 g/mol. The summed E-state index contributed by atoms with van der Waals surface area (Å²) in [5.41, 5.74) is 1.21. The molecule has 2 aliphatic heterocycles. The first-order chi connectivity index (χ1) is 10.2. The third kappa shape index (κ3) is 3.90. The highest BCUT2D eigenvalue weighted by molar-refractivity contribution is 9.10. The Labute approximate surface area is 134 Å². The van der Waals surface area contributed by atoms with Crippen LogP contribution in [-0.4, -0.2) is 37.9 Å². The van der Waals surface area contributed by atoms with Crippen molar-refractivity contribution >= 4 is 15.9 Å². The van der Waals surface area contributed by atoms with Gasteiger partial charge in [0, 0.05) is 24.1 Å². The zero-order chi connectivity index (χ0) is 14.7. The van der Waals surface area contributed by atoms with E-state index in [1.54, 1.807) is 0 Å². The van der Waals surface area contributed by atoms with Gasteiger partial charge in [0.15, 0.2) is 11.5 Å². The molecule has 0 radical (unpaired) electrons.